The van der Waals surface area contributed by atoms with Gasteiger partial charge in [-0.15, -0.1) is 0 Å². The van der Waals surface area contributed by atoms with Crippen molar-refractivity contribution in [3.05, 3.63) is 71.3 Å². The van der Waals surface area contributed by atoms with Gasteiger partial charge in [0, 0.05) is 44.2 Å². The van der Waals surface area contributed by atoms with Gasteiger partial charge in [0.2, 0.25) is 5.91 Å². The summed E-state index contributed by atoms with van der Waals surface area (Å²) in [6.07, 6.45) is 1.19. The fourth-order valence-corrected chi connectivity index (χ4v) is 5.91. The van der Waals surface area contributed by atoms with Crippen LogP contribution in [0.3, 0.4) is 0 Å². The van der Waals surface area contributed by atoms with Crippen molar-refractivity contribution in [1.29, 1.82) is 0 Å². The lowest BCUT2D eigenvalue weighted by Crippen LogP contribution is -2.57. The highest BCUT2D eigenvalue weighted by molar-refractivity contribution is 5.78. The summed E-state index contributed by atoms with van der Waals surface area (Å²) in [7, 11) is 3.15. The molecule has 4 bridgehead atoms. The molecule has 238 valence electrons. The highest BCUT2D eigenvalue weighted by atomic mass is 16.6. The maximum absolute atomic E-state index is 13.3. The third-order valence-corrected chi connectivity index (χ3v) is 8.24. The Labute approximate surface area is 262 Å². The third-order valence-electron chi connectivity index (χ3n) is 8.24. The quantitative estimate of drug-likeness (QED) is 0.455. The normalized spacial score (nSPS) is 20.6. The Bertz CT molecular complexity index is 1530. The second-order valence-electron chi connectivity index (χ2n) is 11.4. The van der Waals surface area contributed by atoms with Crippen molar-refractivity contribution in [2.45, 2.75) is 44.5 Å². The number of methoxy groups -OCH3 is 2. The zero-order chi connectivity index (χ0) is 31.2. The number of aryl methyl sites for hydroxylation is 1. The minimum absolute atomic E-state index is 0.0844. The van der Waals surface area contributed by atoms with Crippen molar-refractivity contribution >= 4 is 11.8 Å². The molecule has 4 heterocycles. The summed E-state index contributed by atoms with van der Waals surface area (Å²) in [5.74, 6) is 3.37. The molecule has 45 heavy (non-hydrogen) atoms. The molecule has 0 unspecified atom stereocenters. The smallest absolute Gasteiger partial charge is 0.258 e. The summed E-state index contributed by atoms with van der Waals surface area (Å²) < 4.78 is 35.0. The largest absolute Gasteiger partial charge is 0.496 e. The molecule has 2 amide bonds. The zero-order valence-corrected chi connectivity index (χ0v) is 25.6. The second kappa shape index (κ2) is 14.0. The summed E-state index contributed by atoms with van der Waals surface area (Å²) in [4.78, 5) is 28.3. The van der Waals surface area contributed by atoms with Gasteiger partial charge in [0.05, 0.1) is 20.3 Å². The van der Waals surface area contributed by atoms with Gasteiger partial charge in [0.15, 0.2) is 29.6 Å². The van der Waals surface area contributed by atoms with Gasteiger partial charge < -0.3 is 39.1 Å². The molecule has 3 aromatic rings. The molecule has 1 saturated heterocycles. The van der Waals surface area contributed by atoms with E-state index in [4.69, 9.17) is 28.4 Å². The summed E-state index contributed by atoms with van der Waals surface area (Å²) >= 11 is 0. The van der Waals surface area contributed by atoms with Crippen molar-refractivity contribution < 1.29 is 38.0 Å². The molecule has 0 spiro atoms. The average Bonchev–Trinajstić information content (AvgIpc) is 3.06. The third kappa shape index (κ3) is 7.54. The number of fused-ring (bicyclic) bond motifs is 10. The molecular formula is C34H39N3O8. The number of benzene rings is 3. The number of carbonyl (C=O) groups excluding carboxylic acids is 2. The molecule has 7 rings (SSSR count). The topological polar surface area (TPSA) is 117 Å². The number of nitrogens with zero attached hydrogens (tertiary/aromatic N) is 1. The summed E-state index contributed by atoms with van der Waals surface area (Å²) in [6, 6.07) is 16.8. The van der Waals surface area contributed by atoms with E-state index in [1.165, 1.54) is 0 Å². The molecule has 2 atom stereocenters. The van der Waals surface area contributed by atoms with E-state index in [2.05, 4.69) is 15.5 Å². The van der Waals surface area contributed by atoms with Crippen molar-refractivity contribution in [3.8, 4) is 34.5 Å². The van der Waals surface area contributed by atoms with Crippen molar-refractivity contribution in [2.24, 2.45) is 0 Å². The van der Waals surface area contributed by atoms with Crippen LogP contribution < -0.4 is 39.1 Å². The number of amides is 2. The first-order valence-electron chi connectivity index (χ1n) is 15.3. The van der Waals surface area contributed by atoms with E-state index in [0.29, 0.717) is 75.1 Å². The second-order valence-corrected chi connectivity index (χ2v) is 11.4. The first-order valence-corrected chi connectivity index (χ1v) is 15.3. The van der Waals surface area contributed by atoms with E-state index in [0.717, 1.165) is 34.7 Å². The highest BCUT2D eigenvalue weighted by Gasteiger charge is 2.33. The van der Waals surface area contributed by atoms with Crippen LogP contribution in [0, 0.1) is 0 Å². The number of likely N-dealkylation sites (tertiary alicyclic amines) is 1. The number of rotatable bonds is 4. The summed E-state index contributed by atoms with van der Waals surface area (Å²) in [6.45, 7) is 3.24. The maximum atomic E-state index is 13.3. The van der Waals surface area contributed by atoms with Crippen LogP contribution in [0.5, 0.6) is 34.5 Å². The SMILES string of the molecule is COc1cc2ccc1CNC(=O)CCc1ccc(OC)c(c1)OCC(=O)N[C@@H]1CN(Cc3ccc4c(c3)OCCO4)CC[C@@H]1O2. The molecule has 0 saturated carbocycles. The van der Waals surface area contributed by atoms with Crippen LogP contribution in [0.1, 0.15) is 29.5 Å². The van der Waals surface area contributed by atoms with Crippen LogP contribution in [-0.2, 0) is 29.1 Å². The number of ether oxygens (including phenoxy) is 6. The molecule has 0 aromatic heterocycles. The van der Waals surface area contributed by atoms with Crippen molar-refractivity contribution in [1.82, 2.24) is 15.5 Å². The van der Waals surface area contributed by atoms with Crippen LogP contribution in [-0.4, -0.2) is 76.0 Å². The van der Waals surface area contributed by atoms with Gasteiger partial charge in [0.25, 0.3) is 5.91 Å². The standard InChI is InChI=1S/C34H39N3O8/c1-40-28-8-3-22-5-10-33(38)35-18-24-6-7-25(17-30(24)41-2)45-27-11-12-37(20-26(27)36-34(39)21-44-31(28)15-22)19-23-4-9-29-32(16-23)43-14-13-42-29/h3-4,6-9,15-17,26-27H,5,10-14,18-21H2,1-2H3,(H,35,38)(H,36,39)/t26-,27+/m1/s1. The molecule has 11 nitrogen and oxygen atoms in total. The van der Waals surface area contributed by atoms with E-state index in [9.17, 15) is 9.59 Å². The van der Waals surface area contributed by atoms with Crippen LogP contribution in [0.2, 0.25) is 0 Å². The number of carbonyl (C=O) groups is 2. The fourth-order valence-electron chi connectivity index (χ4n) is 5.91. The Morgan fingerprint density at radius 2 is 1.69 bits per heavy atom. The number of piperidine rings is 1. The number of nitrogens with one attached hydrogen (secondary N) is 2. The van der Waals surface area contributed by atoms with Gasteiger partial charge in [-0.3, -0.25) is 14.5 Å². The molecule has 0 aliphatic carbocycles. The van der Waals surface area contributed by atoms with Crippen LogP contribution in [0.25, 0.3) is 0 Å². The zero-order valence-electron chi connectivity index (χ0n) is 25.6. The fraction of sp³-hybridized carbons (Fsp3) is 0.412. The Morgan fingerprint density at radius 1 is 0.844 bits per heavy atom. The molecule has 4 aliphatic heterocycles. The molecule has 2 N–H and O–H groups in total. The lowest BCUT2D eigenvalue weighted by atomic mass is 10.0. The minimum atomic E-state index is -0.313. The number of hydrogen-bond donors (Lipinski definition) is 2. The van der Waals surface area contributed by atoms with Gasteiger partial charge >= 0.3 is 0 Å². The predicted molar refractivity (Wildman–Crippen MR) is 165 cm³/mol. The molecule has 1 fully saturated rings. The van der Waals surface area contributed by atoms with E-state index in [-0.39, 0.29) is 30.6 Å². The van der Waals surface area contributed by atoms with E-state index < -0.39 is 0 Å². The van der Waals surface area contributed by atoms with Crippen LogP contribution in [0.15, 0.2) is 54.6 Å². The lowest BCUT2D eigenvalue weighted by molar-refractivity contribution is -0.125. The molecule has 3 aromatic carbocycles. The van der Waals surface area contributed by atoms with Gasteiger partial charge in [-0.1, -0.05) is 12.1 Å². The average molecular weight is 618 g/mol. The van der Waals surface area contributed by atoms with Gasteiger partial charge in [-0.05, 0) is 60.4 Å². The molecule has 4 aliphatic rings. The monoisotopic (exact) mass is 617 g/mol. The summed E-state index contributed by atoms with van der Waals surface area (Å²) in [5, 5.41) is 6.15. The maximum Gasteiger partial charge on any atom is 0.258 e. The van der Waals surface area contributed by atoms with Gasteiger partial charge in [-0.25, -0.2) is 0 Å². The predicted octanol–water partition coefficient (Wildman–Crippen LogP) is 3.25. The van der Waals surface area contributed by atoms with Gasteiger partial charge in [-0.2, -0.15) is 0 Å². The van der Waals surface area contributed by atoms with Crippen molar-refractivity contribution in [2.75, 3.05) is 47.1 Å². The Kier molecular flexibility index (Phi) is 9.44. The first kappa shape index (κ1) is 30.4. The van der Waals surface area contributed by atoms with E-state index >= 15 is 0 Å². The summed E-state index contributed by atoms with van der Waals surface area (Å²) in [5.41, 5.74) is 2.84. The Hall–Kier alpha value is -4.64. The number of hydrogen-bond acceptors (Lipinski definition) is 9. The Balaban J connectivity index is 1.23. The van der Waals surface area contributed by atoms with Crippen LogP contribution >= 0.6 is 0 Å². The Morgan fingerprint density at radius 3 is 2.53 bits per heavy atom. The lowest BCUT2D eigenvalue weighted by Gasteiger charge is -2.39. The van der Waals surface area contributed by atoms with Crippen molar-refractivity contribution in [3.63, 3.8) is 0 Å². The van der Waals surface area contributed by atoms with E-state index in [1.807, 2.05) is 48.5 Å². The molecule has 11 heteroatoms. The first-order chi connectivity index (χ1) is 22.0. The van der Waals surface area contributed by atoms with Gasteiger partial charge in [0.1, 0.15) is 30.8 Å². The van der Waals surface area contributed by atoms with E-state index in [1.54, 1.807) is 20.3 Å². The highest BCUT2D eigenvalue weighted by Crippen LogP contribution is 2.33. The molecule has 0 radical (unpaired) electrons. The van der Waals surface area contributed by atoms with Crippen LogP contribution in [0.4, 0.5) is 0 Å². The minimum Gasteiger partial charge on any atom is -0.496 e. The molecular weight excluding hydrogens is 578 g/mol.